The second-order valence-corrected chi connectivity index (χ2v) is 3.63. The van der Waals surface area contributed by atoms with E-state index < -0.39 is 0 Å². The lowest BCUT2D eigenvalue weighted by Crippen LogP contribution is -1.95. The van der Waals surface area contributed by atoms with Crippen LogP contribution < -0.4 is 0 Å². The molecular weight excluding hydrogens is 194 g/mol. The van der Waals surface area contributed by atoms with Crippen molar-refractivity contribution in [2.24, 2.45) is 5.92 Å². The van der Waals surface area contributed by atoms with Gasteiger partial charge in [-0.15, -0.1) is 0 Å². The van der Waals surface area contributed by atoms with Gasteiger partial charge in [0.2, 0.25) is 0 Å². The summed E-state index contributed by atoms with van der Waals surface area (Å²) in [5.41, 5.74) is 3.21. The van der Waals surface area contributed by atoms with Crippen LogP contribution in [0.4, 0.5) is 0 Å². The lowest BCUT2D eigenvalue weighted by atomic mass is 9.94. The van der Waals surface area contributed by atoms with Gasteiger partial charge in [-0.25, -0.2) is 0 Å². The summed E-state index contributed by atoms with van der Waals surface area (Å²) in [7, 11) is 0. The van der Waals surface area contributed by atoms with Crippen LogP contribution in [0.15, 0.2) is 35.5 Å². The monoisotopic (exact) mass is 219 g/mol. The molecule has 0 atom stereocenters. The molecule has 0 heterocycles. The van der Waals surface area contributed by atoms with Crippen molar-refractivity contribution in [2.75, 3.05) is 0 Å². The molecule has 0 aliphatic rings. The Morgan fingerprint density at radius 1 is 1.38 bits per heavy atom. The highest BCUT2D eigenvalue weighted by atomic mass is 14.2. The van der Waals surface area contributed by atoms with Gasteiger partial charge in [-0.3, -0.25) is 0 Å². The van der Waals surface area contributed by atoms with Gasteiger partial charge in [0.1, 0.15) is 0 Å². The molecule has 0 amide bonds. The molecule has 1 nitrogen and oxygen atoms in total. The molecule has 0 aromatic rings. The van der Waals surface area contributed by atoms with Crippen molar-refractivity contribution in [3.63, 3.8) is 0 Å². The smallest absolute Gasteiger partial charge is 0.0944 e. The maximum atomic E-state index is 8.71. The Morgan fingerprint density at radius 3 is 2.12 bits per heavy atom. The number of allylic oxidation sites excluding steroid dienone is 5. The van der Waals surface area contributed by atoms with Crippen molar-refractivity contribution >= 4 is 0 Å². The molecule has 0 aromatic heterocycles. The minimum Gasteiger partial charge on any atom is -0.193 e. The Morgan fingerprint density at radius 2 is 1.88 bits per heavy atom. The summed E-state index contributed by atoms with van der Waals surface area (Å²) in [6, 6.07) is 2.14. The van der Waals surface area contributed by atoms with Gasteiger partial charge >= 0.3 is 0 Å². The van der Waals surface area contributed by atoms with E-state index in [1.54, 1.807) is 0 Å². The van der Waals surface area contributed by atoms with Crippen LogP contribution in [0.3, 0.4) is 0 Å². The molecule has 90 valence electrons. The quantitative estimate of drug-likeness (QED) is 0.480. The van der Waals surface area contributed by atoms with E-state index in [4.69, 9.17) is 5.26 Å². The van der Waals surface area contributed by atoms with E-state index >= 15 is 0 Å². The minimum atomic E-state index is 0.463. The van der Waals surface area contributed by atoms with E-state index in [1.165, 1.54) is 11.1 Å². The predicted molar refractivity (Wildman–Crippen MR) is 73.1 cm³/mol. The van der Waals surface area contributed by atoms with Gasteiger partial charge in [-0.2, -0.15) is 5.26 Å². The van der Waals surface area contributed by atoms with Crippen molar-refractivity contribution in [3.8, 4) is 6.07 Å². The summed E-state index contributed by atoms with van der Waals surface area (Å²) in [5, 5.41) is 8.71. The predicted octanol–water partition coefficient (Wildman–Crippen LogP) is 5.03. The minimum absolute atomic E-state index is 0.463. The Kier molecular flexibility index (Phi) is 10.9. The molecule has 0 aromatic carbocycles. The number of rotatable bonds is 4. The summed E-state index contributed by atoms with van der Waals surface area (Å²) >= 11 is 0. The van der Waals surface area contributed by atoms with Gasteiger partial charge in [0.05, 0.1) is 6.07 Å². The SMILES string of the molecule is C=C/C(=C(\C=C(/C)C#N)CC)C(C)C.CC. The average molecular weight is 219 g/mol. The van der Waals surface area contributed by atoms with Gasteiger partial charge < -0.3 is 0 Å². The van der Waals surface area contributed by atoms with E-state index in [2.05, 4.69) is 33.4 Å². The van der Waals surface area contributed by atoms with E-state index in [1.807, 2.05) is 32.9 Å². The summed E-state index contributed by atoms with van der Waals surface area (Å²) < 4.78 is 0. The average Bonchev–Trinajstić information content (AvgIpc) is 2.30. The molecule has 1 heteroatoms. The number of hydrogen-bond acceptors (Lipinski definition) is 1. The first-order chi connectivity index (χ1) is 7.56. The highest BCUT2D eigenvalue weighted by Gasteiger charge is 2.04. The van der Waals surface area contributed by atoms with Crippen LogP contribution in [0.1, 0.15) is 48.0 Å². The fourth-order valence-corrected chi connectivity index (χ4v) is 1.42. The molecule has 0 aliphatic carbocycles. The van der Waals surface area contributed by atoms with Crippen LogP contribution in [0.2, 0.25) is 0 Å². The fourth-order valence-electron chi connectivity index (χ4n) is 1.42. The number of nitrogens with zero attached hydrogens (tertiary/aromatic N) is 1. The first kappa shape index (κ1) is 17.1. The highest BCUT2D eigenvalue weighted by molar-refractivity contribution is 5.38. The van der Waals surface area contributed by atoms with Gasteiger partial charge in [-0.05, 0) is 36.5 Å². The highest BCUT2D eigenvalue weighted by Crippen LogP contribution is 2.20. The normalized spacial score (nSPS) is 12.2. The van der Waals surface area contributed by atoms with E-state index in [9.17, 15) is 0 Å². The van der Waals surface area contributed by atoms with Crippen molar-refractivity contribution < 1.29 is 0 Å². The zero-order valence-corrected chi connectivity index (χ0v) is 11.6. The van der Waals surface area contributed by atoms with Crippen LogP contribution in [-0.2, 0) is 0 Å². The maximum Gasteiger partial charge on any atom is 0.0944 e. The molecule has 0 aliphatic heterocycles. The third kappa shape index (κ3) is 6.24. The fraction of sp³-hybridized carbons (Fsp3) is 0.533. The summed E-state index contributed by atoms with van der Waals surface area (Å²) in [4.78, 5) is 0. The first-order valence-electron chi connectivity index (χ1n) is 6.00. The molecule has 0 saturated heterocycles. The van der Waals surface area contributed by atoms with Gasteiger partial charge in [0.25, 0.3) is 0 Å². The molecule has 0 N–H and O–H groups in total. The molecule has 0 rings (SSSR count). The summed E-state index contributed by atoms with van der Waals surface area (Å²) in [6.45, 7) is 16.0. The zero-order chi connectivity index (χ0) is 13.1. The Hall–Kier alpha value is -1.29. The molecule has 0 saturated carbocycles. The largest absolute Gasteiger partial charge is 0.193 e. The molecule has 0 radical (unpaired) electrons. The first-order valence-corrected chi connectivity index (χ1v) is 6.00. The Balaban J connectivity index is 0. The number of hydrogen-bond donors (Lipinski definition) is 0. The van der Waals surface area contributed by atoms with Crippen LogP contribution in [0.25, 0.3) is 0 Å². The Labute approximate surface area is 101 Å². The van der Waals surface area contributed by atoms with Gasteiger partial charge in [0, 0.05) is 5.57 Å². The van der Waals surface area contributed by atoms with Crippen LogP contribution >= 0.6 is 0 Å². The second-order valence-electron chi connectivity index (χ2n) is 3.63. The molecule has 0 spiro atoms. The third-order valence-corrected chi connectivity index (χ3v) is 2.16. The zero-order valence-electron chi connectivity index (χ0n) is 11.6. The van der Waals surface area contributed by atoms with Crippen LogP contribution in [0.5, 0.6) is 0 Å². The topological polar surface area (TPSA) is 23.8 Å². The summed E-state index contributed by atoms with van der Waals surface area (Å²) in [6.07, 6.45) is 4.79. The van der Waals surface area contributed by atoms with Crippen molar-refractivity contribution in [3.05, 3.63) is 35.5 Å². The molecule has 16 heavy (non-hydrogen) atoms. The standard InChI is InChI=1S/C13H19N.C2H6/c1-6-12(8-11(5)9-14)13(7-2)10(3)4;1-2/h7-8,10H,2,6H2,1,3-5H3;1-2H3/b11-8+,13-12+;. The number of nitriles is 1. The Bertz CT molecular complexity index is 298. The molecular formula is C15H25N. The molecule has 0 fully saturated rings. The second kappa shape index (κ2) is 10.2. The van der Waals surface area contributed by atoms with Crippen molar-refractivity contribution in [1.29, 1.82) is 5.26 Å². The summed E-state index contributed by atoms with van der Waals surface area (Å²) in [5.74, 6) is 0.463. The lowest BCUT2D eigenvalue weighted by molar-refractivity contribution is 0.777. The van der Waals surface area contributed by atoms with E-state index in [-0.39, 0.29) is 0 Å². The van der Waals surface area contributed by atoms with Crippen LogP contribution in [-0.4, -0.2) is 0 Å². The molecule has 0 bridgehead atoms. The van der Waals surface area contributed by atoms with Crippen molar-refractivity contribution in [1.82, 2.24) is 0 Å². The lowest BCUT2D eigenvalue weighted by Gasteiger charge is -2.11. The van der Waals surface area contributed by atoms with Crippen LogP contribution in [0, 0.1) is 17.2 Å². The van der Waals surface area contributed by atoms with Gasteiger partial charge in [-0.1, -0.05) is 47.3 Å². The van der Waals surface area contributed by atoms with E-state index in [0.717, 1.165) is 12.0 Å². The van der Waals surface area contributed by atoms with E-state index in [0.29, 0.717) is 5.92 Å². The maximum absolute atomic E-state index is 8.71. The third-order valence-electron chi connectivity index (χ3n) is 2.16. The molecule has 0 unspecified atom stereocenters. The van der Waals surface area contributed by atoms with Crippen molar-refractivity contribution in [2.45, 2.75) is 48.0 Å². The van der Waals surface area contributed by atoms with Gasteiger partial charge in [0.15, 0.2) is 0 Å².